The van der Waals surface area contributed by atoms with Gasteiger partial charge >= 0.3 is 5.97 Å². The van der Waals surface area contributed by atoms with Crippen LogP contribution in [0.1, 0.15) is 16.1 Å². The van der Waals surface area contributed by atoms with Crippen molar-refractivity contribution in [1.29, 1.82) is 0 Å². The normalized spacial score (nSPS) is 14.2. The van der Waals surface area contributed by atoms with Gasteiger partial charge < -0.3 is 14.5 Å². The Balaban J connectivity index is 1.97. The number of carbonyl (C=O) groups is 1. The molecule has 4 rings (SSSR count). The third-order valence-electron chi connectivity index (χ3n) is 5.80. The van der Waals surface area contributed by atoms with Gasteiger partial charge in [-0.15, -0.1) is 0 Å². The highest BCUT2D eigenvalue weighted by Crippen LogP contribution is 2.37. The van der Waals surface area contributed by atoms with Gasteiger partial charge in [-0.1, -0.05) is 30.3 Å². The zero-order chi connectivity index (χ0) is 23.5. The Kier molecular flexibility index (Phi) is 6.32. The quantitative estimate of drug-likeness (QED) is 0.332. The van der Waals surface area contributed by atoms with Gasteiger partial charge in [0.15, 0.2) is 5.82 Å². The van der Waals surface area contributed by atoms with E-state index in [2.05, 4.69) is 21.8 Å². The molecule has 1 aliphatic heterocycles. The van der Waals surface area contributed by atoms with Crippen LogP contribution < -0.4 is 4.90 Å². The van der Waals surface area contributed by atoms with Crippen molar-refractivity contribution in [2.75, 3.05) is 45.2 Å². The first-order chi connectivity index (χ1) is 15.9. The third-order valence-corrected chi connectivity index (χ3v) is 5.80. The fraction of sp³-hybridized carbons (Fsp3) is 0.292. The first kappa shape index (κ1) is 22.3. The van der Waals surface area contributed by atoms with Crippen molar-refractivity contribution < 1.29 is 14.5 Å². The third kappa shape index (κ3) is 4.54. The molecule has 1 saturated heterocycles. The fourth-order valence-electron chi connectivity index (χ4n) is 3.98. The molecule has 9 nitrogen and oxygen atoms in total. The van der Waals surface area contributed by atoms with Crippen LogP contribution in [-0.2, 0) is 4.74 Å². The predicted molar refractivity (Wildman–Crippen MR) is 125 cm³/mol. The van der Waals surface area contributed by atoms with Crippen LogP contribution >= 0.6 is 0 Å². The maximum atomic E-state index is 12.8. The number of carbonyl (C=O) groups excluding carboxylic acids is 1. The number of likely N-dealkylation sites (N-methyl/N-ethyl adjacent to an activating group) is 1. The summed E-state index contributed by atoms with van der Waals surface area (Å²) in [5.41, 5.74) is 2.98. The van der Waals surface area contributed by atoms with Crippen molar-refractivity contribution in [3.8, 4) is 22.6 Å². The lowest BCUT2D eigenvalue weighted by atomic mass is 10.00. The van der Waals surface area contributed by atoms with E-state index in [9.17, 15) is 14.9 Å². The molecule has 0 radical (unpaired) electrons. The van der Waals surface area contributed by atoms with Crippen LogP contribution in [0, 0.1) is 17.0 Å². The van der Waals surface area contributed by atoms with Crippen molar-refractivity contribution in [2.45, 2.75) is 6.92 Å². The van der Waals surface area contributed by atoms with Gasteiger partial charge in [-0.25, -0.2) is 14.8 Å². The standard InChI is InChI=1S/C24H25N5O4/c1-16-21(24(30)33-3)22(26-23(25-16)17-7-5-4-6-8-17)19-15-18(29(31)32)9-10-20(19)28-13-11-27(2)12-14-28/h4-10,15H,11-14H2,1-3H3. The molecule has 0 bridgehead atoms. The molecule has 2 aromatic carbocycles. The Labute approximate surface area is 191 Å². The number of ether oxygens (including phenoxy) is 1. The number of anilines is 1. The van der Waals surface area contributed by atoms with Gasteiger partial charge in [-0.2, -0.15) is 0 Å². The minimum absolute atomic E-state index is 0.0729. The highest BCUT2D eigenvalue weighted by atomic mass is 16.6. The van der Waals surface area contributed by atoms with Crippen molar-refractivity contribution in [3.05, 3.63) is 69.9 Å². The zero-order valence-corrected chi connectivity index (χ0v) is 18.8. The van der Waals surface area contributed by atoms with Crippen LogP contribution in [0.3, 0.4) is 0 Å². The van der Waals surface area contributed by atoms with Crippen molar-refractivity contribution in [2.24, 2.45) is 0 Å². The molecular weight excluding hydrogens is 422 g/mol. The molecule has 0 saturated carbocycles. The minimum atomic E-state index is -0.585. The Morgan fingerprint density at radius 1 is 1.06 bits per heavy atom. The number of benzene rings is 2. The second kappa shape index (κ2) is 9.33. The fourth-order valence-corrected chi connectivity index (χ4v) is 3.98. The van der Waals surface area contributed by atoms with E-state index in [1.54, 1.807) is 13.0 Å². The number of hydrogen-bond acceptors (Lipinski definition) is 8. The van der Waals surface area contributed by atoms with Gasteiger partial charge in [0, 0.05) is 55.1 Å². The molecule has 3 aromatic rings. The first-order valence-corrected chi connectivity index (χ1v) is 10.6. The lowest BCUT2D eigenvalue weighted by Crippen LogP contribution is -2.44. The molecule has 0 amide bonds. The van der Waals surface area contributed by atoms with Gasteiger partial charge in [0.1, 0.15) is 5.56 Å². The van der Waals surface area contributed by atoms with Gasteiger partial charge in [-0.3, -0.25) is 10.1 Å². The molecule has 0 spiro atoms. The maximum Gasteiger partial charge on any atom is 0.341 e. The summed E-state index contributed by atoms with van der Waals surface area (Å²) in [4.78, 5) is 37.6. The summed E-state index contributed by atoms with van der Waals surface area (Å²) in [6.07, 6.45) is 0. The number of esters is 1. The Bertz CT molecular complexity index is 1190. The van der Waals surface area contributed by atoms with Gasteiger partial charge in [0.2, 0.25) is 0 Å². The number of rotatable bonds is 5. The number of nitro groups is 1. The molecule has 1 fully saturated rings. The van der Waals surface area contributed by atoms with Gasteiger partial charge in [-0.05, 0) is 20.0 Å². The minimum Gasteiger partial charge on any atom is -0.465 e. The van der Waals surface area contributed by atoms with Crippen LogP contribution in [0.5, 0.6) is 0 Å². The van der Waals surface area contributed by atoms with Crippen molar-refractivity contribution >= 4 is 17.3 Å². The summed E-state index contributed by atoms with van der Waals surface area (Å²) >= 11 is 0. The summed E-state index contributed by atoms with van der Waals surface area (Å²) < 4.78 is 5.03. The number of nitrogens with zero attached hydrogens (tertiary/aromatic N) is 5. The highest BCUT2D eigenvalue weighted by Gasteiger charge is 2.27. The number of aryl methyl sites for hydroxylation is 1. The molecule has 2 heterocycles. The van der Waals surface area contributed by atoms with Crippen molar-refractivity contribution in [3.63, 3.8) is 0 Å². The van der Waals surface area contributed by atoms with Crippen LogP contribution in [0.2, 0.25) is 0 Å². The number of piperazine rings is 1. The van der Waals surface area contributed by atoms with E-state index in [4.69, 9.17) is 9.72 Å². The van der Waals surface area contributed by atoms with E-state index in [1.165, 1.54) is 19.2 Å². The molecule has 0 aliphatic carbocycles. The SMILES string of the molecule is COC(=O)c1c(C)nc(-c2ccccc2)nc1-c1cc([N+](=O)[O-])ccc1N1CCN(C)CC1. The lowest BCUT2D eigenvalue weighted by molar-refractivity contribution is -0.384. The molecule has 0 atom stereocenters. The van der Waals surface area contributed by atoms with E-state index in [0.29, 0.717) is 22.8 Å². The average Bonchev–Trinajstić information content (AvgIpc) is 2.83. The van der Waals surface area contributed by atoms with E-state index in [-0.39, 0.29) is 11.3 Å². The maximum absolute atomic E-state index is 12.8. The number of non-ortho nitro benzene ring substituents is 1. The predicted octanol–water partition coefficient (Wildman–Crippen LogP) is 3.57. The molecule has 0 N–H and O–H groups in total. The Morgan fingerprint density at radius 3 is 2.39 bits per heavy atom. The summed E-state index contributed by atoms with van der Waals surface area (Å²) in [5, 5.41) is 11.6. The van der Waals surface area contributed by atoms with Crippen LogP contribution in [0.4, 0.5) is 11.4 Å². The molecule has 1 aromatic heterocycles. The Morgan fingerprint density at radius 2 is 1.76 bits per heavy atom. The van der Waals surface area contributed by atoms with E-state index in [0.717, 1.165) is 37.4 Å². The number of nitro benzene ring substituents is 1. The second-order valence-corrected chi connectivity index (χ2v) is 7.96. The summed E-state index contributed by atoms with van der Waals surface area (Å²) in [5.74, 6) is -0.149. The number of aromatic nitrogens is 2. The zero-order valence-electron chi connectivity index (χ0n) is 18.8. The molecule has 33 heavy (non-hydrogen) atoms. The highest BCUT2D eigenvalue weighted by molar-refractivity contribution is 5.99. The molecule has 170 valence electrons. The van der Waals surface area contributed by atoms with Crippen LogP contribution in [0.25, 0.3) is 22.6 Å². The largest absolute Gasteiger partial charge is 0.465 e. The van der Waals surface area contributed by atoms with Gasteiger partial charge in [0.05, 0.1) is 23.4 Å². The average molecular weight is 447 g/mol. The summed E-state index contributed by atoms with van der Waals surface area (Å²) in [7, 11) is 3.36. The monoisotopic (exact) mass is 447 g/mol. The van der Waals surface area contributed by atoms with E-state index < -0.39 is 10.9 Å². The van der Waals surface area contributed by atoms with E-state index >= 15 is 0 Å². The van der Waals surface area contributed by atoms with Crippen molar-refractivity contribution in [1.82, 2.24) is 14.9 Å². The summed E-state index contributed by atoms with van der Waals surface area (Å²) in [6, 6.07) is 14.1. The summed E-state index contributed by atoms with van der Waals surface area (Å²) in [6.45, 7) is 4.95. The first-order valence-electron chi connectivity index (χ1n) is 10.6. The topological polar surface area (TPSA) is 102 Å². The Hall–Kier alpha value is -3.85. The number of methoxy groups -OCH3 is 1. The molecule has 1 aliphatic rings. The molecule has 0 unspecified atom stereocenters. The molecular formula is C24H25N5O4. The van der Waals surface area contributed by atoms with Gasteiger partial charge in [0.25, 0.3) is 5.69 Å². The number of hydrogen-bond donors (Lipinski definition) is 0. The lowest BCUT2D eigenvalue weighted by Gasteiger charge is -2.35. The van der Waals surface area contributed by atoms with E-state index in [1.807, 2.05) is 30.3 Å². The van der Waals surface area contributed by atoms with Crippen LogP contribution in [0.15, 0.2) is 48.5 Å². The van der Waals surface area contributed by atoms with Crippen LogP contribution in [-0.4, -0.2) is 66.1 Å². The second-order valence-electron chi connectivity index (χ2n) is 7.96. The molecule has 9 heteroatoms. The smallest absolute Gasteiger partial charge is 0.341 e.